The van der Waals surface area contributed by atoms with Gasteiger partial charge in [-0.1, -0.05) is 6.07 Å². The van der Waals surface area contributed by atoms with Crippen molar-refractivity contribution in [3.63, 3.8) is 0 Å². The van der Waals surface area contributed by atoms with Crippen molar-refractivity contribution < 1.29 is 24.2 Å². The Bertz CT molecular complexity index is 636. The fraction of sp³-hybridized carbons (Fsp3) is 0.0714. The highest BCUT2D eigenvalue weighted by molar-refractivity contribution is 5.89. The van der Waals surface area contributed by atoms with Gasteiger partial charge < -0.3 is 14.6 Å². The van der Waals surface area contributed by atoms with Gasteiger partial charge in [-0.2, -0.15) is 0 Å². The van der Waals surface area contributed by atoms with E-state index in [1.165, 1.54) is 37.6 Å². The molecule has 1 heterocycles. The lowest BCUT2D eigenvalue weighted by Crippen LogP contribution is -2.01. The molecule has 102 valence electrons. The van der Waals surface area contributed by atoms with Gasteiger partial charge in [-0.25, -0.2) is 14.6 Å². The molecule has 0 bridgehead atoms. The average Bonchev–Trinajstić information content (AvgIpc) is 2.47. The third-order valence-corrected chi connectivity index (χ3v) is 2.46. The van der Waals surface area contributed by atoms with E-state index < -0.39 is 11.9 Å². The Morgan fingerprint density at radius 1 is 1.15 bits per heavy atom. The predicted molar refractivity (Wildman–Crippen MR) is 69.1 cm³/mol. The summed E-state index contributed by atoms with van der Waals surface area (Å²) in [6.07, 6.45) is 1.32. The highest BCUT2D eigenvalue weighted by atomic mass is 16.5. The second kappa shape index (κ2) is 5.83. The normalized spacial score (nSPS) is 9.85. The van der Waals surface area contributed by atoms with E-state index in [1.54, 1.807) is 12.1 Å². The smallest absolute Gasteiger partial charge is 0.339 e. The predicted octanol–water partition coefficient (Wildman–Crippen LogP) is 2.36. The number of carbonyl (C=O) groups excluding carboxylic acids is 1. The second-order valence-corrected chi connectivity index (χ2v) is 3.81. The maximum atomic E-state index is 11.2. The summed E-state index contributed by atoms with van der Waals surface area (Å²) >= 11 is 0. The molecule has 0 aliphatic rings. The zero-order chi connectivity index (χ0) is 14.5. The lowest BCUT2D eigenvalue weighted by Gasteiger charge is -2.06. The standard InChI is InChI=1S/C14H11NO5/c1-19-14(18)10-5-6-12(15-8-10)20-11-4-2-3-9(7-11)13(16)17/h2-8H,1H3,(H,16,17). The molecule has 1 aromatic heterocycles. The number of hydrogen-bond donors (Lipinski definition) is 1. The van der Waals surface area contributed by atoms with Crippen molar-refractivity contribution in [3.05, 3.63) is 53.7 Å². The summed E-state index contributed by atoms with van der Waals surface area (Å²) < 4.78 is 9.96. The minimum Gasteiger partial charge on any atom is -0.478 e. The molecule has 1 N–H and O–H groups in total. The van der Waals surface area contributed by atoms with Crippen LogP contribution in [-0.4, -0.2) is 29.1 Å². The summed E-state index contributed by atoms with van der Waals surface area (Å²) in [5, 5.41) is 8.88. The maximum absolute atomic E-state index is 11.2. The average molecular weight is 273 g/mol. The molecule has 6 nitrogen and oxygen atoms in total. The van der Waals surface area contributed by atoms with Gasteiger partial charge in [0, 0.05) is 12.3 Å². The first-order valence-electron chi connectivity index (χ1n) is 5.66. The molecular weight excluding hydrogens is 262 g/mol. The zero-order valence-electron chi connectivity index (χ0n) is 10.6. The first-order valence-corrected chi connectivity index (χ1v) is 5.66. The Morgan fingerprint density at radius 3 is 2.55 bits per heavy atom. The molecular formula is C14H11NO5. The van der Waals surface area contributed by atoms with Gasteiger partial charge in [0.15, 0.2) is 0 Å². The number of rotatable bonds is 4. The third-order valence-electron chi connectivity index (χ3n) is 2.46. The number of benzene rings is 1. The minimum absolute atomic E-state index is 0.119. The number of pyridine rings is 1. The molecule has 1 aromatic carbocycles. The summed E-state index contributed by atoms with van der Waals surface area (Å²) in [6.45, 7) is 0. The Kier molecular flexibility index (Phi) is 3.95. The number of aromatic nitrogens is 1. The van der Waals surface area contributed by atoms with E-state index in [-0.39, 0.29) is 11.4 Å². The van der Waals surface area contributed by atoms with Crippen molar-refractivity contribution in [1.82, 2.24) is 4.98 Å². The first kappa shape index (κ1) is 13.5. The van der Waals surface area contributed by atoms with Crippen LogP contribution in [0.5, 0.6) is 11.6 Å². The highest BCUT2D eigenvalue weighted by Crippen LogP contribution is 2.20. The number of ether oxygens (including phenoxy) is 2. The van der Waals surface area contributed by atoms with Crippen LogP contribution >= 0.6 is 0 Å². The van der Waals surface area contributed by atoms with Crippen molar-refractivity contribution >= 4 is 11.9 Å². The number of methoxy groups -OCH3 is 1. The zero-order valence-corrected chi connectivity index (χ0v) is 10.6. The Labute approximate surface area is 114 Å². The molecule has 0 saturated carbocycles. The van der Waals surface area contributed by atoms with E-state index in [0.29, 0.717) is 11.3 Å². The molecule has 0 atom stereocenters. The monoisotopic (exact) mass is 273 g/mol. The Morgan fingerprint density at radius 2 is 1.95 bits per heavy atom. The van der Waals surface area contributed by atoms with Crippen molar-refractivity contribution in [2.75, 3.05) is 7.11 Å². The number of hydrogen-bond acceptors (Lipinski definition) is 5. The van der Waals surface area contributed by atoms with Crippen molar-refractivity contribution in [2.24, 2.45) is 0 Å². The first-order chi connectivity index (χ1) is 9.60. The van der Waals surface area contributed by atoms with Gasteiger partial charge in [-0.15, -0.1) is 0 Å². The van der Waals surface area contributed by atoms with Crippen LogP contribution in [0.15, 0.2) is 42.6 Å². The van der Waals surface area contributed by atoms with Gasteiger partial charge in [0.1, 0.15) is 5.75 Å². The Balaban J connectivity index is 2.16. The van der Waals surface area contributed by atoms with E-state index in [2.05, 4.69) is 9.72 Å². The number of esters is 1. The molecule has 0 saturated heterocycles. The van der Waals surface area contributed by atoms with Crippen molar-refractivity contribution in [3.8, 4) is 11.6 Å². The molecule has 2 rings (SSSR count). The molecule has 6 heteroatoms. The van der Waals surface area contributed by atoms with Crippen LogP contribution in [0.1, 0.15) is 20.7 Å². The van der Waals surface area contributed by atoms with Gasteiger partial charge in [0.25, 0.3) is 0 Å². The highest BCUT2D eigenvalue weighted by Gasteiger charge is 2.08. The van der Waals surface area contributed by atoms with Crippen LogP contribution in [0.4, 0.5) is 0 Å². The molecule has 0 fully saturated rings. The van der Waals surface area contributed by atoms with E-state index in [4.69, 9.17) is 9.84 Å². The fourth-order valence-electron chi connectivity index (χ4n) is 1.49. The number of carboxylic acids is 1. The quantitative estimate of drug-likeness (QED) is 0.860. The van der Waals surface area contributed by atoms with Crippen LogP contribution in [0.2, 0.25) is 0 Å². The van der Waals surface area contributed by atoms with Gasteiger partial charge >= 0.3 is 11.9 Å². The summed E-state index contributed by atoms with van der Waals surface area (Å²) in [4.78, 5) is 26.0. The molecule has 0 unspecified atom stereocenters. The van der Waals surface area contributed by atoms with Crippen LogP contribution < -0.4 is 4.74 Å². The topological polar surface area (TPSA) is 85.7 Å². The SMILES string of the molecule is COC(=O)c1ccc(Oc2cccc(C(=O)O)c2)nc1. The maximum Gasteiger partial charge on any atom is 0.339 e. The van der Waals surface area contributed by atoms with E-state index in [9.17, 15) is 9.59 Å². The fourth-order valence-corrected chi connectivity index (χ4v) is 1.49. The Hall–Kier alpha value is -2.89. The van der Waals surface area contributed by atoms with Crippen LogP contribution in [-0.2, 0) is 4.74 Å². The minimum atomic E-state index is -1.04. The van der Waals surface area contributed by atoms with Crippen molar-refractivity contribution in [2.45, 2.75) is 0 Å². The number of aromatic carboxylic acids is 1. The van der Waals surface area contributed by atoms with Gasteiger partial charge in [-0.05, 0) is 24.3 Å². The summed E-state index contributed by atoms with van der Waals surface area (Å²) in [5.74, 6) is -0.926. The molecule has 0 radical (unpaired) electrons. The summed E-state index contributed by atoms with van der Waals surface area (Å²) in [7, 11) is 1.28. The number of nitrogens with zero attached hydrogens (tertiary/aromatic N) is 1. The van der Waals surface area contributed by atoms with Gasteiger partial charge in [-0.3, -0.25) is 0 Å². The van der Waals surface area contributed by atoms with E-state index in [1.807, 2.05) is 0 Å². The molecule has 0 aliphatic carbocycles. The van der Waals surface area contributed by atoms with Crippen molar-refractivity contribution in [1.29, 1.82) is 0 Å². The van der Waals surface area contributed by atoms with Gasteiger partial charge in [0.05, 0.1) is 18.2 Å². The van der Waals surface area contributed by atoms with Crippen LogP contribution in [0, 0.1) is 0 Å². The largest absolute Gasteiger partial charge is 0.478 e. The van der Waals surface area contributed by atoms with Crippen LogP contribution in [0.3, 0.4) is 0 Å². The lowest BCUT2D eigenvalue weighted by molar-refractivity contribution is 0.0599. The van der Waals surface area contributed by atoms with Crippen LogP contribution in [0.25, 0.3) is 0 Å². The van der Waals surface area contributed by atoms with Gasteiger partial charge in [0.2, 0.25) is 5.88 Å². The molecule has 20 heavy (non-hydrogen) atoms. The third kappa shape index (κ3) is 3.11. The summed E-state index contributed by atoms with van der Waals surface area (Å²) in [6, 6.07) is 9.04. The summed E-state index contributed by atoms with van der Waals surface area (Å²) in [5.41, 5.74) is 0.424. The van der Waals surface area contributed by atoms with E-state index >= 15 is 0 Å². The molecule has 0 amide bonds. The molecule has 0 spiro atoms. The lowest BCUT2D eigenvalue weighted by atomic mass is 10.2. The van der Waals surface area contributed by atoms with E-state index in [0.717, 1.165) is 0 Å². The second-order valence-electron chi connectivity index (χ2n) is 3.81. The number of carbonyl (C=O) groups is 2. The molecule has 2 aromatic rings. The molecule has 0 aliphatic heterocycles. The number of carboxylic acid groups (broad SMARTS) is 1.